The van der Waals surface area contributed by atoms with E-state index in [2.05, 4.69) is 6.92 Å². The molecule has 0 spiro atoms. The molecule has 0 amide bonds. The molecule has 4 nitrogen and oxygen atoms in total. The van der Waals surface area contributed by atoms with Crippen LogP contribution in [-0.2, 0) is 13.9 Å². The van der Waals surface area contributed by atoms with E-state index in [-0.39, 0.29) is 22.9 Å². The van der Waals surface area contributed by atoms with Crippen LogP contribution in [0.2, 0.25) is 0 Å². The van der Waals surface area contributed by atoms with Crippen LogP contribution in [0.5, 0.6) is 0 Å². The molecule has 4 saturated carbocycles. The van der Waals surface area contributed by atoms with Crippen LogP contribution < -0.4 is 0 Å². The monoisotopic (exact) mass is 452 g/mol. The van der Waals surface area contributed by atoms with Crippen LogP contribution in [0.25, 0.3) is 0 Å². The minimum atomic E-state index is -4.17. The van der Waals surface area contributed by atoms with Crippen molar-refractivity contribution in [2.45, 2.75) is 70.9 Å². The molecule has 0 radical (unpaired) electrons. The average molecular weight is 453 g/mol. The Balaban J connectivity index is 0.00000117. The van der Waals surface area contributed by atoms with Crippen molar-refractivity contribution < 1.29 is 26.5 Å². The summed E-state index contributed by atoms with van der Waals surface area (Å²) in [5.74, 6) is 2.84. The smallest absolute Gasteiger partial charge is 0.298 e. The van der Waals surface area contributed by atoms with Gasteiger partial charge in [-0.3, -0.25) is 13.7 Å². The zero-order chi connectivity index (χ0) is 21.4. The Hall–Kier alpha value is -0.210. The molecule has 0 bridgehead atoms. The maximum Gasteiger partial charge on any atom is 0.320 e. The summed E-state index contributed by atoms with van der Waals surface area (Å²) in [5, 5.41) is 0. The second-order valence-electron chi connectivity index (χ2n) is 9.68. The van der Waals surface area contributed by atoms with Gasteiger partial charge in [-0.25, -0.2) is 4.39 Å². The number of ketones is 1. The third-order valence-corrected chi connectivity index (χ3v) is 10.6. The van der Waals surface area contributed by atoms with Crippen molar-refractivity contribution in [1.82, 2.24) is 0 Å². The lowest BCUT2D eigenvalue weighted by molar-refractivity contribution is -0.128. The molecular weight excluding hydrogens is 418 g/mol. The Labute approximate surface area is 177 Å². The zero-order valence-electron chi connectivity index (χ0n) is 17.4. The van der Waals surface area contributed by atoms with Gasteiger partial charge in [0.05, 0.1) is 12.9 Å². The molecule has 0 aromatic rings. The zero-order valence-corrected chi connectivity index (χ0v) is 19.0. The highest BCUT2D eigenvalue weighted by atomic mass is 33.1. The van der Waals surface area contributed by atoms with Crippen LogP contribution in [0.15, 0.2) is 0 Å². The summed E-state index contributed by atoms with van der Waals surface area (Å²) in [4.78, 5) is 12.7. The predicted molar refractivity (Wildman–Crippen MR) is 112 cm³/mol. The van der Waals surface area contributed by atoms with E-state index in [0.29, 0.717) is 47.6 Å². The number of hydrogen-bond donors (Lipinski definition) is 1. The van der Waals surface area contributed by atoms with Gasteiger partial charge in [-0.2, -0.15) is 8.42 Å². The molecule has 168 valence electrons. The van der Waals surface area contributed by atoms with Gasteiger partial charge in [0.15, 0.2) is 0 Å². The lowest BCUT2D eigenvalue weighted by atomic mass is 9.49. The van der Waals surface area contributed by atoms with E-state index < -0.39 is 15.3 Å². The second-order valence-corrected chi connectivity index (χ2v) is 13.0. The van der Waals surface area contributed by atoms with Gasteiger partial charge in [0, 0.05) is 16.7 Å². The first-order valence-corrected chi connectivity index (χ1v) is 13.8. The van der Waals surface area contributed by atoms with E-state index in [9.17, 15) is 22.0 Å². The first-order chi connectivity index (χ1) is 13.7. The fourth-order valence-corrected chi connectivity index (χ4v) is 8.82. The third-order valence-electron chi connectivity index (χ3n) is 8.63. The van der Waals surface area contributed by atoms with E-state index in [1.54, 1.807) is 0 Å². The standard InChI is InChI=1S/C20H31FO4S2.CH3F/c1-20-9-8-15-14-5-3-13(21)10-12(14)2-4-16(15)17(20)6-7-18(20)19(22)11-26-27(23,24)25;1-2/h12-18H,2-11H2,1H3,(H,23,24,25);1H3/t12?,13-,14?,15?,16?,17?,18?,20?;/m0./s1. The van der Waals surface area contributed by atoms with Crippen LogP contribution in [-0.4, -0.2) is 37.9 Å². The highest BCUT2D eigenvalue weighted by Crippen LogP contribution is 2.64. The molecule has 0 heterocycles. The van der Waals surface area contributed by atoms with Crippen molar-refractivity contribution in [3.8, 4) is 0 Å². The summed E-state index contributed by atoms with van der Waals surface area (Å²) in [6.45, 7) is 2.24. The van der Waals surface area contributed by atoms with Crippen LogP contribution in [0.3, 0.4) is 0 Å². The quantitative estimate of drug-likeness (QED) is 0.464. The highest BCUT2D eigenvalue weighted by Gasteiger charge is 2.58. The van der Waals surface area contributed by atoms with E-state index >= 15 is 0 Å². The van der Waals surface area contributed by atoms with E-state index in [1.165, 1.54) is 6.42 Å². The van der Waals surface area contributed by atoms with Crippen molar-refractivity contribution >= 4 is 25.7 Å². The maximum absolute atomic E-state index is 13.9. The van der Waals surface area contributed by atoms with Crippen molar-refractivity contribution in [2.75, 3.05) is 12.9 Å². The van der Waals surface area contributed by atoms with Crippen molar-refractivity contribution in [3.05, 3.63) is 0 Å². The Morgan fingerprint density at radius 2 is 1.72 bits per heavy atom. The van der Waals surface area contributed by atoms with Gasteiger partial charge in [-0.1, -0.05) is 6.92 Å². The fraction of sp³-hybridized carbons (Fsp3) is 0.952. The summed E-state index contributed by atoms with van der Waals surface area (Å²) in [5.41, 5.74) is -0.0395. The minimum Gasteiger partial charge on any atom is -0.298 e. The van der Waals surface area contributed by atoms with Crippen LogP contribution >= 0.6 is 10.8 Å². The number of halogens is 2. The van der Waals surface area contributed by atoms with Crippen LogP contribution in [0, 0.1) is 40.9 Å². The number of alkyl halides is 2. The first-order valence-electron chi connectivity index (χ1n) is 10.9. The lowest BCUT2D eigenvalue weighted by Gasteiger charge is -2.55. The second kappa shape index (κ2) is 9.11. The summed E-state index contributed by atoms with van der Waals surface area (Å²) in [6.07, 6.45) is 8.25. The molecule has 8 atom stereocenters. The first kappa shape index (κ1) is 23.5. The normalized spacial score (nSPS) is 44.0. The molecule has 0 aromatic carbocycles. The van der Waals surface area contributed by atoms with Gasteiger partial charge < -0.3 is 0 Å². The van der Waals surface area contributed by atoms with E-state index in [0.717, 1.165) is 51.4 Å². The van der Waals surface area contributed by atoms with Crippen LogP contribution in [0.4, 0.5) is 8.78 Å². The maximum atomic E-state index is 13.9. The predicted octanol–water partition coefficient (Wildman–Crippen LogP) is 5.28. The molecule has 0 aromatic heterocycles. The largest absolute Gasteiger partial charge is 0.320 e. The fourth-order valence-electron chi connectivity index (χ4n) is 7.56. The van der Waals surface area contributed by atoms with Gasteiger partial charge in [0.25, 0.3) is 0 Å². The topological polar surface area (TPSA) is 71.4 Å². The lowest BCUT2D eigenvalue weighted by Crippen LogP contribution is -2.49. The molecule has 0 aliphatic heterocycles. The van der Waals surface area contributed by atoms with Crippen LogP contribution in [0.1, 0.15) is 64.7 Å². The van der Waals surface area contributed by atoms with E-state index in [4.69, 9.17) is 4.55 Å². The molecule has 4 rings (SSSR count). The third kappa shape index (κ3) is 4.69. The number of carbonyl (C=O) groups is 1. The SMILES string of the molecule is CC12CCC3C4CC[C@H](F)CC4CCC3C1CCC2C(=O)CSS(=O)(=O)O.CF. The van der Waals surface area contributed by atoms with E-state index in [1.807, 2.05) is 0 Å². The molecule has 0 saturated heterocycles. The Morgan fingerprint density at radius 3 is 2.41 bits per heavy atom. The number of rotatable bonds is 4. The molecule has 7 unspecified atom stereocenters. The van der Waals surface area contributed by atoms with Gasteiger partial charge in [-0.15, -0.1) is 0 Å². The summed E-state index contributed by atoms with van der Waals surface area (Å²) in [7, 11) is -3.32. The molecule has 4 aliphatic rings. The van der Waals surface area contributed by atoms with Gasteiger partial charge >= 0.3 is 9.15 Å². The van der Waals surface area contributed by atoms with Crippen molar-refractivity contribution in [1.29, 1.82) is 0 Å². The number of Topliss-reactive ketones (excluding diaryl/α,β-unsaturated/α-hetero) is 1. The average Bonchev–Trinajstić information content (AvgIpc) is 3.04. The van der Waals surface area contributed by atoms with Gasteiger partial charge in [0.1, 0.15) is 12.0 Å². The summed E-state index contributed by atoms with van der Waals surface area (Å²) < 4.78 is 54.3. The van der Waals surface area contributed by atoms with Crippen molar-refractivity contribution in [2.24, 2.45) is 40.9 Å². The number of carbonyl (C=O) groups excluding carboxylic acids is 1. The van der Waals surface area contributed by atoms with Gasteiger partial charge in [0.2, 0.25) is 0 Å². The van der Waals surface area contributed by atoms with Crippen molar-refractivity contribution in [3.63, 3.8) is 0 Å². The molecular formula is C21H34F2O4S2. The molecule has 29 heavy (non-hydrogen) atoms. The summed E-state index contributed by atoms with van der Waals surface area (Å²) >= 11 is 0. The Kier molecular flexibility index (Phi) is 7.37. The van der Waals surface area contributed by atoms with Gasteiger partial charge in [-0.05, 0) is 92.8 Å². The molecule has 4 fully saturated rings. The Bertz CT molecular complexity index is 701. The molecule has 1 N–H and O–H groups in total. The minimum absolute atomic E-state index is 0.0206. The number of hydrogen-bond acceptors (Lipinski definition) is 4. The number of fused-ring (bicyclic) bond motifs is 5. The summed E-state index contributed by atoms with van der Waals surface area (Å²) in [6, 6.07) is 0. The molecule has 4 aliphatic carbocycles. The molecule has 8 heteroatoms. The Morgan fingerprint density at radius 1 is 1.03 bits per heavy atom. The highest BCUT2D eigenvalue weighted by molar-refractivity contribution is 8.70.